The van der Waals surface area contributed by atoms with Crippen molar-refractivity contribution in [3.8, 4) is 0 Å². The summed E-state index contributed by atoms with van der Waals surface area (Å²) in [5.74, 6) is 0.101. The molecule has 0 spiro atoms. The fraction of sp³-hybridized carbons (Fsp3) is 0.944. The molecule has 0 bridgehead atoms. The van der Waals surface area contributed by atoms with Crippen LogP contribution in [0, 0.1) is 0 Å². The van der Waals surface area contributed by atoms with Crippen molar-refractivity contribution in [2.45, 2.75) is 58.2 Å². The molecule has 6 nitrogen and oxygen atoms in total. The van der Waals surface area contributed by atoms with E-state index in [0.29, 0.717) is 6.04 Å². The van der Waals surface area contributed by atoms with E-state index in [-0.39, 0.29) is 24.4 Å². The van der Waals surface area contributed by atoms with Gasteiger partial charge in [0.05, 0.1) is 18.2 Å². The van der Waals surface area contributed by atoms with E-state index >= 15 is 0 Å². The Kier molecular flexibility index (Phi) is 9.12. The van der Waals surface area contributed by atoms with Crippen molar-refractivity contribution in [1.29, 1.82) is 0 Å². The Morgan fingerprint density at radius 3 is 2.44 bits per heavy atom. The zero-order chi connectivity index (χ0) is 17.7. The van der Waals surface area contributed by atoms with Crippen LogP contribution in [0.25, 0.3) is 0 Å². The van der Waals surface area contributed by atoms with E-state index < -0.39 is 5.54 Å². The number of carbonyl (C=O) groups is 1. The number of nitrogens with two attached hydrogens (primary N) is 1. The third-order valence-corrected chi connectivity index (χ3v) is 5.28. The first-order chi connectivity index (χ1) is 11.3. The van der Waals surface area contributed by atoms with E-state index in [9.17, 15) is 4.79 Å². The highest BCUT2D eigenvalue weighted by Crippen LogP contribution is 2.16. The summed E-state index contributed by atoms with van der Waals surface area (Å²) in [5, 5.41) is 0. The van der Waals surface area contributed by atoms with Crippen LogP contribution in [0.15, 0.2) is 0 Å². The van der Waals surface area contributed by atoms with Gasteiger partial charge in [0.15, 0.2) is 0 Å². The summed E-state index contributed by atoms with van der Waals surface area (Å²) in [4.78, 5) is 19.4. The van der Waals surface area contributed by atoms with Crippen molar-refractivity contribution in [2.75, 3.05) is 52.4 Å². The molecule has 0 radical (unpaired) electrons. The lowest BCUT2D eigenvalue weighted by Crippen LogP contribution is -2.59. The third kappa shape index (κ3) is 6.36. The number of halogens is 1. The number of morpholine rings is 1. The van der Waals surface area contributed by atoms with Crippen molar-refractivity contribution >= 4 is 18.3 Å². The summed E-state index contributed by atoms with van der Waals surface area (Å²) in [6.45, 7) is 15.6. The number of hydrogen-bond donors (Lipinski definition) is 1. The van der Waals surface area contributed by atoms with Gasteiger partial charge in [-0.25, -0.2) is 0 Å². The minimum Gasteiger partial charge on any atom is -0.374 e. The molecule has 1 amide bonds. The molecule has 2 unspecified atom stereocenters. The lowest BCUT2D eigenvalue weighted by atomic mass is 9.95. The Labute approximate surface area is 159 Å². The molecule has 148 valence electrons. The lowest BCUT2D eigenvalue weighted by molar-refractivity contribution is -0.139. The minimum absolute atomic E-state index is 0. The predicted octanol–water partition coefficient (Wildman–Crippen LogP) is 1.18. The highest BCUT2D eigenvalue weighted by molar-refractivity contribution is 5.86. The molecule has 2 aliphatic heterocycles. The molecule has 0 aromatic carbocycles. The molecule has 2 N–H and O–H groups in total. The molecule has 7 heteroatoms. The van der Waals surface area contributed by atoms with Crippen molar-refractivity contribution in [3.63, 3.8) is 0 Å². The van der Waals surface area contributed by atoms with Gasteiger partial charge >= 0.3 is 0 Å². The van der Waals surface area contributed by atoms with Crippen LogP contribution in [-0.2, 0) is 9.53 Å². The first kappa shape index (κ1) is 22.6. The van der Waals surface area contributed by atoms with E-state index in [1.54, 1.807) is 0 Å². The highest BCUT2D eigenvalue weighted by Gasteiger charge is 2.34. The fourth-order valence-corrected chi connectivity index (χ4v) is 3.73. The maximum absolute atomic E-state index is 12.6. The maximum Gasteiger partial charge on any atom is 0.242 e. The molecule has 2 heterocycles. The normalized spacial score (nSPS) is 25.5. The van der Waals surface area contributed by atoms with E-state index in [0.717, 1.165) is 65.3 Å². The van der Waals surface area contributed by atoms with Crippen LogP contribution < -0.4 is 5.73 Å². The van der Waals surface area contributed by atoms with Gasteiger partial charge in [0.1, 0.15) is 0 Å². The molecule has 2 atom stereocenters. The molecular weight excluding hydrogens is 340 g/mol. The predicted molar refractivity (Wildman–Crippen MR) is 104 cm³/mol. The number of hydrogen-bond acceptors (Lipinski definition) is 5. The Hall–Kier alpha value is -0.400. The smallest absolute Gasteiger partial charge is 0.242 e. The molecule has 0 aromatic rings. The van der Waals surface area contributed by atoms with Gasteiger partial charge in [-0.2, -0.15) is 0 Å². The standard InChI is InChI=1S/C18H36N4O2.ClH/c1-5-6-18(4,19)17(23)21-9-7-20(8-10-21)13-16-14-22(15(2)3)11-12-24-16;/h15-16H,5-14,19H2,1-4H3;1H. The van der Waals surface area contributed by atoms with Crippen LogP contribution >= 0.6 is 12.4 Å². The molecule has 2 fully saturated rings. The van der Waals surface area contributed by atoms with Crippen LogP contribution in [0.2, 0.25) is 0 Å². The lowest BCUT2D eigenvalue weighted by Gasteiger charge is -2.41. The monoisotopic (exact) mass is 376 g/mol. The second-order valence-corrected chi connectivity index (χ2v) is 7.84. The summed E-state index contributed by atoms with van der Waals surface area (Å²) < 4.78 is 5.94. The Balaban J connectivity index is 0.00000312. The Bertz CT molecular complexity index is 412. The molecule has 0 aliphatic carbocycles. The van der Waals surface area contributed by atoms with Gasteiger partial charge < -0.3 is 15.4 Å². The molecule has 0 saturated carbocycles. The van der Waals surface area contributed by atoms with Gasteiger partial charge in [0.2, 0.25) is 5.91 Å². The molecule has 25 heavy (non-hydrogen) atoms. The number of nitrogens with zero attached hydrogens (tertiary/aromatic N) is 3. The SMILES string of the molecule is CCCC(C)(N)C(=O)N1CCN(CC2CN(C(C)C)CCO2)CC1.Cl. The molecule has 2 aliphatic rings. The topological polar surface area (TPSA) is 62.0 Å². The molecule has 2 saturated heterocycles. The zero-order valence-corrected chi connectivity index (χ0v) is 17.2. The minimum atomic E-state index is -0.721. The van der Waals surface area contributed by atoms with Crippen LogP contribution in [0.5, 0.6) is 0 Å². The van der Waals surface area contributed by atoms with Gasteiger partial charge in [0, 0.05) is 51.9 Å². The van der Waals surface area contributed by atoms with Gasteiger partial charge in [-0.05, 0) is 27.2 Å². The van der Waals surface area contributed by atoms with E-state index in [1.807, 2.05) is 11.8 Å². The van der Waals surface area contributed by atoms with Crippen molar-refractivity contribution in [1.82, 2.24) is 14.7 Å². The Morgan fingerprint density at radius 2 is 1.88 bits per heavy atom. The van der Waals surface area contributed by atoms with Gasteiger partial charge in [-0.3, -0.25) is 14.6 Å². The van der Waals surface area contributed by atoms with Crippen LogP contribution in [0.1, 0.15) is 40.5 Å². The van der Waals surface area contributed by atoms with Crippen molar-refractivity contribution in [2.24, 2.45) is 5.73 Å². The summed E-state index contributed by atoms with van der Waals surface area (Å²) >= 11 is 0. The van der Waals surface area contributed by atoms with Gasteiger partial charge in [-0.15, -0.1) is 12.4 Å². The van der Waals surface area contributed by atoms with Crippen LogP contribution in [0.3, 0.4) is 0 Å². The van der Waals surface area contributed by atoms with Crippen molar-refractivity contribution in [3.05, 3.63) is 0 Å². The first-order valence-electron chi connectivity index (χ1n) is 9.49. The average molecular weight is 377 g/mol. The quantitative estimate of drug-likeness (QED) is 0.754. The number of piperazine rings is 1. The second-order valence-electron chi connectivity index (χ2n) is 7.84. The number of carbonyl (C=O) groups excluding carboxylic acids is 1. The number of amides is 1. The summed E-state index contributed by atoms with van der Waals surface area (Å²) in [6.07, 6.45) is 1.96. The number of ether oxygens (including phenoxy) is 1. The van der Waals surface area contributed by atoms with Gasteiger partial charge in [-0.1, -0.05) is 13.3 Å². The van der Waals surface area contributed by atoms with Crippen LogP contribution in [0.4, 0.5) is 0 Å². The zero-order valence-electron chi connectivity index (χ0n) is 16.4. The Morgan fingerprint density at radius 1 is 1.24 bits per heavy atom. The molecule has 0 aromatic heterocycles. The maximum atomic E-state index is 12.6. The summed E-state index contributed by atoms with van der Waals surface area (Å²) in [7, 11) is 0. The first-order valence-corrected chi connectivity index (χ1v) is 9.49. The second kappa shape index (κ2) is 10.1. The largest absolute Gasteiger partial charge is 0.374 e. The van der Waals surface area contributed by atoms with E-state index in [1.165, 1.54) is 0 Å². The summed E-state index contributed by atoms with van der Waals surface area (Å²) in [6, 6.07) is 0.576. The van der Waals surface area contributed by atoms with E-state index in [4.69, 9.17) is 10.5 Å². The summed E-state index contributed by atoms with van der Waals surface area (Å²) in [5.41, 5.74) is 5.48. The number of rotatable bonds is 6. The average Bonchev–Trinajstić information content (AvgIpc) is 2.55. The van der Waals surface area contributed by atoms with E-state index in [2.05, 4.69) is 30.6 Å². The van der Waals surface area contributed by atoms with Crippen LogP contribution in [-0.4, -0.2) is 90.7 Å². The third-order valence-electron chi connectivity index (χ3n) is 5.28. The fourth-order valence-electron chi connectivity index (χ4n) is 3.73. The van der Waals surface area contributed by atoms with Crippen molar-refractivity contribution < 1.29 is 9.53 Å². The van der Waals surface area contributed by atoms with Gasteiger partial charge in [0.25, 0.3) is 0 Å². The molecular formula is C18H37ClN4O2. The molecule has 2 rings (SSSR count). The highest BCUT2D eigenvalue weighted by atomic mass is 35.5.